The second-order valence-electron chi connectivity index (χ2n) is 29.6. The summed E-state index contributed by atoms with van der Waals surface area (Å²) < 4.78 is 0. The topological polar surface area (TPSA) is 6.48 Å². The van der Waals surface area contributed by atoms with E-state index in [1.807, 2.05) is 0 Å². The zero-order valence-electron chi connectivity index (χ0n) is 55.6. The predicted octanol–water partition coefficient (Wildman–Crippen LogP) is 25.8. The number of hydrogen-bond acceptors (Lipinski definition) is 2. The Bertz CT molecular complexity index is 5480. The van der Waals surface area contributed by atoms with E-state index in [4.69, 9.17) is 0 Å². The van der Waals surface area contributed by atoms with E-state index in [9.17, 15) is 0 Å². The lowest BCUT2D eigenvalue weighted by Crippen LogP contribution is -2.17. The van der Waals surface area contributed by atoms with Crippen LogP contribution in [0.1, 0.15) is 99.9 Å². The van der Waals surface area contributed by atoms with Gasteiger partial charge in [0.15, 0.2) is 0 Å². The second kappa shape index (κ2) is 20.2. The molecule has 0 unspecified atom stereocenters. The molecule has 4 aliphatic carbocycles. The van der Waals surface area contributed by atoms with Crippen molar-refractivity contribution in [2.24, 2.45) is 0 Å². The molecule has 2 heteroatoms. The molecule has 15 aromatic rings. The molecule has 4 aliphatic rings. The molecule has 0 saturated heterocycles. The van der Waals surface area contributed by atoms with Crippen LogP contribution in [0.2, 0.25) is 0 Å². The molecule has 0 bridgehead atoms. The molecule has 0 atom stereocenters. The van der Waals surface area contributed by atoms with Crippen molar-refractivity contribution in [3.63, 3.8) is 0 Å². The van der Waals surface area contributed by atoms with Crippen molar-refractivity contribution >= 4 is 77.2 Å². The zero-order chi connectivity index (χ0) is 64.7. The summed E-state index contributed by atoms with van der Waals surface area (Å²) in [6.45, 7) is 19.3. The van der Waals surface area contributed by atoms with Gasteiger partial charge >= 0.3 is 0 Å². The quantitative estimate of drug-likeness (QED) is 0.140. The lowest BCUT2D eigenvalue weighted by Gasteiger charge is -2.30. The first-order chi connectivity index (χ1) is 46.6. The Labute approximate surface area is 563 Å². The molecule has 0 fully saturated rings. The number of hydrogen-bond donors (Lipinski definition) is 0. The van der Waals surface area contributed by atoms with Gasteiger partial charge in [0.05, 0.1) is 0 Å². The molecule has 0 amide bonds. The Morgan fingerprint density at radius 2 is 0.490 bits per heavy atom. The Balaban J connectivity index is 0.823. The molecular formula is C94H72N2. The third-order valence-corrected chi connectivity index (χ3v) is 22.9. The molecule has 0 spiro atoms. The van der Waals surface area contributed by atoms with Crippen LogP contribution in [-0.2, 0) is 21.7 Å². The van der Waals surface area contributed by atoms with Crippen LogP contribution in [0.5, 0.6) is 0 Å². The number of anilines is 6. The molecular weight excluding hydrogens is 1160 g/mol. The normalized spacial score (nSPS) is 15.0. The van der Waals surface area contributed by atoms with E-state index in [-0.39, 0.29) is 21.7 Å². The Kier molecular flexibility index (Phi) is 11.9. The third kappa shape index (κ3) is 8.05. The molecule has 458 valence electrons. The largest absolute Gasteiger partial charge is 0.310 e. The van der Waals surface area contributed by atoms with E-state index in [1.165, 1.54) is 154 Å². The summed E-state index contributed by atoms with van der Waals surface area (Å²) in [7, 11) is 0. The highest BCUT2D eigenvalue weighted by molar-refractivity contribution is 6.23. The first kappa shape index (κ1) is 56.5. The van der Waals surface area contributed by atoms with E-state index >= 15 is 0 Å². The number of benzene rings is 15. The van der Waals surface area contributed by atoms with Crippen molar-refractivity contribution in [3.8, 4) is 66.8 Å². The summed E-state index contributed by atoms with van der Waals surface area (Å²) in [4.78, 5) is 4.98. The fourth-order valence-electron chi connectivity index (χ4n) is 18.0. The van der Waals surface area contributed by atoms with Gasteiger partial charge in [-0.3, -0.25) is 0 Å². The minimum atomic E-state index is -0.246. The fourth-order valence-corrected chi connectivity index (χ4v) is 18.0. The first-order valence-electron chi connectivity index (χ1n) is 34.2. The molecule has 0 N–H and O–H groups in total. The molecule has 15 aromatic carbocycles. The van der Waals surface area contributed by atoms with E-state index in [0.717, 1.165) is 34.1 Å². The number of rotatable bonds is 8. The molecule has 19 rings (SSSR count). The Morgan fingerprint density at radius 3 is 0.885 bits per heavy atom. The van der Waals surface area contributed by atoms with Gasteiger partial charge in [-0.15, -0.1) is 0 Å². The fraction of sp³-hybridized carbons (Fsp3) is 0.128. The van der Waals surface area contributed by atoms with Gasteiger partial charge in [-0.1, -0.05) is 237 Å². The smallest absolute Gasteiger partial charge is 0.0468 e. The summed E-state index contributed by atoms with van der Waals surface area (Å²) in [5.41, 5.74) is 32.7. The van der Waals surface area contributed by atoms with Gasteiger partial charge in [0.25, 0.3) is 0 Å². The van der Waals surface area contributed by atoms with Crippen LogP contribution in [0.3, 0.4) is 0 Å². The highest BCUT2D eigenvalue weighted by atomic mass is 15.1. The lowest BCUT2D eigenvalue weighted by molar-refractivity contribution is 0.652. The van der Waals surface area contributed by atoms with Crippen LogP contribution in [0, 0.1) is 0 Å². The first-order valence-corrected chi connectivity index (χ1v) is 34.2. The molecule has 0 heterocycles. The van der Waals surface area contributed by atoms with Crippen LogP contribution in [-0.4, -0.2) is 0 Å². The van der Waals surface area contributed by atoms with Crippen LogP contribution < -0.4 is 9.80 Å². The maximum Gasteiger partial charge on any atom is 0.0468 e. The van der Waals surface area contributed by atoms with Crippen molar-refractivity contribution in [1.82, 2.24) is 0 Å². The van der Waals surface area contributed by atoms with Crippen molar-refractivity contribution < 1.29 is 0 Å². The predicted molar refractivity (Wildman–Crippen MR) is 407 cm³/mol. The van der Waals surface area contributed by atoms with Gasteiger partial charge in [-0.2, -0.15) is 0 Å². The average Bonchev–Trinajstić information content (AvgIpc) is 1.15. The van der Waals surface area contributed by atoms with Crippen LogP contribution in [0.4, 0.5) is 34.1 Å². The zero-order valence-corrected chi connectivity index (χ0v) is 55.6. The van der Waals surface area contributed by atoms with E-state index in [2.05, 4.69) is 356 Å². The Hall–Kier alpha value is -11.1. The van der Waals surface area contributed by atoms with Crippen molar-refractivity contribution in [1.29, 1.82) is 0 Å². The van der Waals surface area contributed by atoms with Crippen LogP contribution in [0.15, 0.2) is 291 Å². The summed E-state index contributed by atoms with van der Waals surface area (Å²) >= 11 is 0. The summed E-state index contributed by atoms with van der Waals surface area (Å²) in [5.74, 6) is 0. The maximum absolute atomic E-state index is 2.53. The summed E-state index contributed by atoms with van der Waals surface area (Å²) in [5, 5.41) is 9.63. The van der Waals surface area contributed by atoms with Gasteiger partial charge in [0, 0.05) is 55.8 Å². The molecule has 0 radical (unpaired) electrons. The monoisotopic (exact) mass is 1230 g/mol. The molecule has 0 saturated carbocycles. The van der Waals surface area contributed by atoms with Crippen molar-refractivity contribution in [2.75, 3.05) is 9.80 Å². The lowest BCUT2D eigenvalue weighted by atomic mass is 9.79. The average molecular weight is 1230 g/mol. The van der Waals surface area contributed by atoms with E-state index in [1.54, 1.807) is 0 Å². The van der Waals surface area contributed by atoms with Crippen LogP contribution in [0.25, 0.3) is 110 Å². The van der Waals surface area contributed by atoms with Crippen molar-refractivity contribution in [3.05, 3.63) is 336 Å². The van der Waals surface area contributed by atoms with Crippen LogP contribution >= 0.6 is 0 Å². The summed E-state index contributed by atoms with van der Waals surface area (Å²) in [6, 6.07) is 111. The van der Waals surface area contributed by atoms with Gasteiger partial charge in [-0.25, -0.2) is 0 Å². The SMILES string of the molecule is CC1(C)c2ccccc2-c2cc3c(cc21)-c1ccc(N(c2ccccc2)c2ccc4c(-c5ccc6ccccc6c5)c5cc(N(c6ccccc6)c6ccc7c(c6)C(C)(C)c6cc8c(cc6-7)C(C)(C)c6ccccc6-8)ccc5c(-c5ccc6ccccc6c5)c4c2)cc1C3(C)C. The number of nitrogens with zero attached hydrogens (tertiary/aromatic N) is 2. The van der Waals surface area contributed by atoms with Gasteiger partial charge in [-0.05, 0) is 264 Å². The Morgan fingerprint density at radius 1 is 0.188 bits per heavy atom. The molecule has 0 aliphatic heterocycles. The second-order valence-corrected chi connectivity index (χ2v) is 29.6. The van der Waals surface area contributed by atoms with E-state index < -0.39 is 0 Å². The third-order valence-electron chi connectivity index (χ3n) is 22.9. The molecule has 2 nitrogen and oxygen atoms in total. The summed E-state index contributed by atoms with van der Waals surface area (Å²) in [6.07, 6.45) is 0. The minimum absolute atomic E-state index is 0.0912. The van der Waals surface area contributed by atoms with Gasteiger partial charge in [0.1, 0.15) is 0 Å². The highest BCUT2D eigenvalue weighted by Crippen LogP contribution is 2.60. The van der Waals surface area contributed by atoms with E-state index in [0.29, 0.717) is 0 Å². The van der Waals surface area contributed by atoms with Crippen molar-refractivity contribution in [2.45, 2.75) is 77.0 Å². The number of para-hydroxylation sites is 2. The van der Waals surface area contributed by atoms with Gasteiger partial charge in [0.2, 0.25) is 0 Å². The minimum Gasteiger partial charge on any atom is -0.310 e. The molecule has 0 aromatic heterocycles. The standard InChI is InChI=1S/C94H72N2/c1-91(2)81-33-21-19-31-69(81)75-53-87-77(55-85(75)91)71-43-39-67(51-83(71)93(87,5)6)95(63-27-11-9-12-28-63)65-41-45-73-79(49-65)89(61-37-35-57-23-15-17-25-59(57)47-61)74-46-42-66(50-80(74)90(73)62-38-36-58-24-16-18-26-60(58)48-62)96(64-29-13-10-14-30-64)68-40-44-72-78-56-86-76(54-88(78)94(7,8)84(72)52-68)70-32-20-22-34-82(70)92(86,3)4/h9-56H,1-8H3. The van der Waals surface area contributed by atoms with Gasteiger partial charge < -0.3 is 9.80 Å². The maximum atomic E-state index is 2.53. The number of fused-ring (bicyclic) bond motifs is 16. The highest BCUT2D eigenvalue weighted by Gasteiger charge is 2.44. The molecule has 96 heavy (non-hydrogen) atoms.